The summed E-state index contributed by atoms with van der Waals surface area (Å²) in [7, 11) is 1.40. The molecule has 1 fully saturated rings. The first kappa shape index (κ1) is 18.6. The van der Waals surface area contributed by atoms with Gasteiger partial charge in [-0.2, -0.15) is 0 Å². The zero-order chi connectivity index (χ0) is 19.8. The number of hydrogen-bond donors (Lipinski definition) is 1. The first-order chi connectivity index (χ1) is 13.5. The van der Waals surface area contributed by atoms with Gasteiger partial charge in [0.25, 0.3) is 11.8 Å². The molecule has 1 aromatic carbocycles. The lowest BCUT2D eigenvalue weighted by molar-refractivity contribution is 0.0962. The molecule has 0 radical (unpaired) electrons. The molecule has 4 rings (SSSR count). The summed E-state index contributed by atoms with van der Waals surface area (Å²) in [6.45, 7) is 0.998. The number of benzene rings is 1. The van der Waals surface area contributed by atoms with Crippen LogP contribution in [0.2, 0.25) is 5.02 Å². The number of carbonyl (C=O) groups is 1. The average molecular weight is 409 g/mol. The Hall–Kier alpha value is -2.78. The minimum absolute atomic E-state index is 0.0279. The van der Waals surface area contributed by atoms with E-state index in [4.69, 9.17) is 21.1 Å². The van der Waals surface area contributed by atoms with Gasteiger partial charge in [0.2, 0.25) is 0 Å². The topological polar surface area (TPSA) is 77.8 Å². The Morgan fingerprint density at radius 2 is 2.21 bits per heavy atom. The van der Waals surface area contributed by atoms with Gasteiger partial charge in [0.15, 0.2) is 17.3 Å². The molecule has 1 aliphatic heterocycles. The first-order valence-corrected chi connectivity index (χ1v) is 8.86. The molecule has 0 spiro atoms. The van der Waals surface area contributed by atoms with Crippen LogP contribution in [-0.4, -0.2) is 46.9 Å². The third kappa shape index (κ3) is 3.27. The van der Waals surface area contributed by atoms with Crippen LogP contribution in [-0.2, 0) is 4.74 Å². The molecular formula is C18H15ClF2N4O3. The highest BCUT2D eigenvalue weighted by Crippen LogP contribution is 2.30. The highest BCUT2D eigenvalue weighted by molar-refractivity contribution is 6.32. The molecular weight excluding hydrogens is 394 g/mol. The molecule has 28 heavy (non-hydrogen) atoms. The molecule has 2 aromatic heterocycles. The van der Waals surface area contributed by atoms with Crippen LogP contribution < -0.4 is 10.1 Å². The van der Waals surface area contributed by atoms with Crippen LogP contribution in [0.1, 0.15) is 16.8 Å². The van der Waals surface area contributed by atoms with E-state index in [-0.39, 0.29) is 33.8 Å². The zero-order valence-corrected chi connectivity index (χ0v) is 15.5. The summed E-state index contributed by atoms with van der Waals surface area (Å²) in [6, 6.07) is 3.59. The normalized spacial score (nSPS) is 16.5. The Morgan fingerprint density at radius 3 is 2.93 bits per heavy atom. The predicted octanol–water partition coefficient (Wildman–Crippen LogP) is 2.86. The molecule has 10 heteroatoms. The van der Waals surface area contributed by atoms with E-state index in [2.05, 4.69) is 15.4 Å². The quantitative estimate of drug-likeness (QED) is 0.718. The second-order valence-corrected chi connectivity index (χ2v) is 6.62. The first-order valence-electron chi connectivity index (χ1n) is 8.48. The summed E-state index contributed by atoms with van der Waals surface area (Å²) in [6.07, 6.45) is 1.83. The van der Waals surface area contributed by atoms with E-state index in [0.717, 1.165) is 6.07 Å². The summed E-state index contributed by atoms with van der Waals surface area (Å²) in [5.41, 5.74) is 0.289. The molecule has 0 bridgehead atoms. The maximum Gasteiger partial charge on any atom is 0.251 e. The third-order valence-electron chi connectivity index (χ3n) is 4.37. The van der Waals surface area contributed by atoms with Crippen molar-refractivity contribution in [3.05, 3.63) is 46.6 Å². The number of halogens is 3. The third-order valence-corrected chi connectivity index (χ3v) is 4.65. The lowest BCUT2D eigenvalue weighted by atomic mass is 10.1. The Balaban J connectivity index is 1.83. The van der Waals surface area contributed by atoms with Crippen molar-refractivity contribution in [3.63, 3.8) is 0 Å². The second-order valence-electron chi connectivity index (χ2n) is 6.21. The number of ether oxygens (including phenoxy) is 2. The van der Waals surface area contributed by atoms with Crippen molar-refractivity contribution in [1.29, 1.82) is 0 Å². The molecule has 1 N–H and O–H groups in total. The Bertz CT molecular complexity index is 1070. The number of fused-ring (bicyclic) bond motifs is 1. The zero-order valence-electron chi connectivity index (χ0n) is 14.7. The van der Waals surface area contributed by atoms with Gasteiger partial charge in [-0.3, -0.25) is 4.79 Å². The summed E-state index contributed by atoms with van der Waals surface area (Å²) in [5, 5.41) is 6.91. The molecule has 0 aliphatic carbocycles. The summed E-state index contributed by atoms with van der Waals surface area (Å²) >= 11 is 6.21. The minimum atomic E-state index is -1.15. The van der Waals surface area contributed by atoms with Crippen LogP contribution in [0.25, 0.3) is 16.9 Å². The van der Waals surface area contributed by atoms with Crippen molar-refractivity contribution < 1.29 is 23.0 Å². The molecule has 1 amide bonds. The maximum absolute atomic E-state index is 14.5. The van der Waals surface area contributed by atoms with E-state index in [1.807, 2.05) is 0 Å². The van der Waals surface area contributed by atoms with Crippen LogP contribution in [0.4, 0.5) is 8.78 Å². The van der Waals surface area contributed by atoms with E-state index in [9.17, 15) is 13.6 Å². The van der Waals surface area contributed by atoms with E-state index >= 15 is 0 Å². The van der Waals surface area contributed by atoms with Gasteiger partial charge in [-0.1, -0.05) is 11.6 Å². The highest BCUT2D eigenvalue weighted by atomic mass is 35.5. The van der Waals surface area contributed by atoms with Gasteiger partial charge in [0, 0.05) is 30.7 Å². The summed E-state index contributed by atoms with van der Waals surface area (Å²) in [5.74, 6) is -2.68. The molecule has 1 saturated heterocycles. The van der Waals surface area contributed by atoms with Crippen molar-refractivity contribution in [2.75, 3.05) is 20.3 Å². The Labute approximate surface area is 163 Å². The number of nitrogens with zero attached hydrogens (tertiary/aromatic N) is 3. The Kier molecular flexibility index (Phi) is 4.86. The molecule has 0 unspecified atom stereocenters. The van der Waals surface area contributed by atoms with Crippen LogP contribution in [0, 0.1) is 11.6 Å². The number of nitrogens with one attached hydrogen (secondary N) is 1. The SMILES string of the molecule is CNC(=O)c1cc(F)c(F)c(-c2cnc3cc(Cl)c(O[C@H]4CCOC4)nn23)c1. The monoisotopic (exact) mass is 408 g/mol. The predicted molar refractivity (Wildman–Crippen MR) is 96.6 cm³/mol. The number of aromatic nitrogens is 3. The van der Waals surface area contributed by atoms with Crippen molar-refractivity contribution in [1.82, 2.24) is 19.9 Å². The highest BCUT2D eigenvalue weighted by Gasteiger charge is 2.22. The Morgan fingerprint density at radius 1 is 1.39 bits per heavy atom. The lowest BCUT2D eigenvalue weighted by Gasteiger charge is -2.13. The fourth-order valence-corrected chi connectivity index (χ4v) is 3.14. The van der Waals surface area contributed by atoms with E-state index in [1.165, 1.54) is 29.9 Å². The average Bonchev–Trinajstić information content (AvgIpc) is 3.33. The molecule has 0 saturated carbocycles. The number of hydrogen-bond acceptors (Lipinski definition) is 5. The van der Waals surface area contributed by atoms with Crippen LogP contribution in [0.3, 0.4) is 0 Å². The molecule has 3 aromatic rings. The van der Waals surface area contributed by atoms with E-state index in [0.29, 0.717) is 25.3 Å². The molecule has 3 heterocycles. The van der Waals surface area contributed by atoms with Crippen LogP contribution >= 0.6 is 11.6 Å². The van der Waals surface area contributed by atoms with Crippen molar-refractivity contribution in [2.45, 2.75) is 12.5 Å². The smallest absolute Gasteiger partial charge is 0.251 e. The van der Waals surface area contributed by atoms with E-state index < -0.39 is 17.5 Å². The molecule has 146 valence electrons. The number of imidazole rings is 1. The van der Waals surface area contributed by atoms with Crippen molar-refractivity contribution in [2.24, 2.45) is 0 Å². The fraction of sp³-hybridized carbons (Fsp3) is 0.278. The largest absolute Gasteiger partial charge is 0.470 e. The van der Waals surface area contributed by atoms with Gasteiger partial charge >= 0.3 is 0 Å². The van der Waals surface area contributed by atoms with Gasteiger partial charge in [0.05, 0.1) is 25.1 Å². The molecule has 1 aliphatic rings. The minimum Gasteiger partial charge on any atom is -0.470 e. The number of carbonyl (C=O) groups excluding carboxylic acids is 1. The van der Waals surface area contributed by atoms with Crippen molar-refractivity contribution >= 4 is 23.2 Å². The summed E-state index contributed by atoms with van der Waals surface area (Å²) in [4.78, 5) is 16.0. The maximum atomic E-state index is 14.5. The lowest BCUT2D eigenvalue weighted by Crippen LogP contribution is -2.18. The van der Waals surface area contributed by atoms with Gasteiger partial charge in [-0.25, -0.2) is 18.3 Å². The molecule has 7 nitrogen and oxygen atoms in total. The second kappa shape index (κ2) is 7.33. The molecule has 1 atom stereocenters. The standard InChI is InChI=1S/C18H15ClF2N4O3/c1-22-17(26)9-4-11(16(21)13(20)5-9)14-7-23-15-6-12(19)18(24-25(14)15)28-10-2-3-27-8-10/h4-7,10H,2-3,8H2,1H3,(H,22,26)/t10-/m0/s1. The number of rotatable bonds is 4. The van der Waals surface area contributed by atoms with E-state index in [1.54, 1.807) is 0 Å². The summed E-state index contributed by atoms with van der Waals surface area (Å²) < 4.78 is 40.9. The fourth-order valence-electron chi connectivity index (χ4n) is 2.96. The van der Waals surface area contributed by atoms with Gasteiger partial charge < -0.3 is 14.8 Å². The van der Waals surface area contributed by atoms with Crippen molar-refractivity contribution in [3.8, 4) is 17.1 Å². The van der Waals surface area contributed by atoms with Crippen LogP contribution in [0.15, 0.2) is 24.4 Å². The van der Waals surface area contributed by atoms with Crippen LogP contribution in [0.5, 0.6) is 5.88 Å². The van der Waals surface area contributed by atoms with Gasteiger partial charge in [0.1, 0.15) is 11.1 Å². The van der Waals surface area contributed by atoms with Gasteiger partial charge in [-0.15, -0.1) is 5.10 Å². The number of amides is 1. The van der Waals surface area contributed by atoms with Gasteiger partial charge in [-0.05, 0) is 12.1 Å².